The van der Waals surface area contributed by atoms with Crippen molar-refractivity contribution in [3.8, 4) is 0 Å². The van der Waals surface area contributed by atoms with E-state index >= 15 is 0 Å². The zero-order valence-corrected chi connectivity index (χ0v) is 11.2. The standard InChI is InChI=1S/C13H9F4N3S/c14-8-2-1-3-9(11(8)12(18)19)21-10-5-4-7(6-20-10)13(15,16)17/h1-6H,(H3,18,19). The lowest BCUT2D eigenvalue weighted by Crippen LogP contribution is -2.14. The molecule has 110 valence electrons. The van der Waals surface area contributed by atoms with Crippen LogP contribution < -0.4 is 5.73 Å². The average Bonchev–Trinajstić information content (AvgIpc) is 2.38. The van der Waals surface area contributed by atoms with E-state index in [0.29, 0.717) is 11.1 Å². The number of nitrogens with zero attached hydrogens (tertiary/aromatic N) is 1. The summed E-state index contributed by atoms with van der Waals surface area (Å²) in [5.41, 5.74) is 4.35. The fourth-order valence-electron chi connectivity index (χ4n) is 1.57. The quantitative estimate of drug-likeness (QED) is 0.516. The molecule has 0 aliphatic heterocycles. The summed E-state index contributed by atoms with van der Waals surface area (Å²) in [6.45, 7) is 0. The van der Waals surface area contributed by atoms with Gasteiger partial charge in [0.1, 0.15) is 16.7 Å². The summed E-state index contributed by atoms with van der Waals surface area (Å²) in [5.74, 6) is -1.12. The van der Waals surface area contributed by atoms with Crippen molar-refractivity contribution in [1.82, 2.24) is 4.98 Å². The maximum atomic E-state index is 13.6. The molecule has 1 aromatic carbocycles. The highest BCUT2D eigenvalue weighted by molar-refractivity contribution is 7.99. The van der Waals surface area contributed by atoms with Crippen molar-refractivity contribution in [2.24, 2.45) is 5.73 Å². The summed E-state index contributed by atoms with van der Waals surface area (Å²) in [6, 6.07) is 6.17. The molecule has 3 nitrogen and oxygen atoms in total. The van der Waals surface area contributed by atoms with Crippen LogP contribution in [-0.4, -0.2) is 10.8 Å². The predicted molar refractivity (Wildman–Crippen MR) is 70.8 cm³/mol. The summed E-state index contributed by atoms with van der Waals surface area (Å²) in [7, 11) is 0. The summed E-state index contributed by atoms with van der Waals surface area (Å²) in [6.07, 6.45) is -3.76. The number of rotatable bonds is 3. The molecule has 0 saturated carbocycles. The van der Waals surface area contributed by atoms with Crippen LogP contribution in [-0.2, 0) is 6.18 Å². The van der Waals surface area contributed by atoms with Gasteiger partial charge in [0.2, 0.25) is 0 Å². The second kappa shape index (κ2) is 5.72. The summed E-state index contributed by atoms with van der Waals surface area (Å²) in [5, 5.41) is 7.60. The molecule has 0 aliphatic rings. The number of hydrogen-bond acceptors (Lipinski definition) is 3. The second-order valence-electron chi connectivity index (χ2n) is 4.01. The largest absolute Gasteiger partial charge is 0.417 e. The third-order valence-corrected chi connectivity index (χ3v) is 3.53. The van der Waals surface area contributed by atoms with Crippen LogP contribution in [0.3, 0.4) is 0 Å². The van der Waals surface area contributed by atoms with Crippen LogP contribution in [0.5, 0.6) is 0 Å². The van der Waals surface area contributed by atoms with E-state index in [9.17, 15) is 17.6 Å². The first-order chi connectivity index (χ1) is 9.79. The first-order valence-electron chi connectivity index (χ1n) is 5.63. The Morgan fingerprint density at radius 1 is 1.19 bits per heavy atom. The van der Waals surface area contributed by atoms with Crippen molar-refractivity contribution in [2.45, 2.75) is 16.1 Å². The molecule has 0 spiro atoms. The van der Waals surface area contributed by atoms with Gasteiger partial charge < -0.3 is 5.73 Å². The van der Waals surface area contributed by atoms with Crippen LogP contribution in [0.25, 0.3) is 0 Å². The molecule has 0 atom stereocenters. The first kappa shape index (κ1) is 15.3. The van der Waals surface area contributed by atoms with E-state index < -0.39 is 23.4 Å². The molecule has 2 rings (SSSR count). The van der Waals surface area contributed by atoms with Gasteiger partial charge in [-0.25, -0.2) is 9.37 Å². The van der Waals surface area contributed by atoms with E-state index in [1.54, 1.807) is 0 Å². The number of hydrogen-bond donors (Lipinski definition) is 2. The lowest BCUT2D eigenvalue weighted by Gasteiger charge is -2.09. The number of alkyl halides is 3. The van der Waals surface area contributed by atoms with Crippen LogP contribution in [0.15, 0.2) is 46.5 Å². The molecule has 2 aromatic rings. The Balaban J connectivity index is 2.31. The lowest BCUT2D eigenvalue weighted by atomic mass is 10.2. The Morgan fingerprint density at radius 3 is 2.43 bits per heavy atom. The Bertz CT molecular complexity index is 668. The average molecular weight is 315 g/mol. The molecular weight excluding hydrogens is 306 g/mol. The number of nitrogen functional groups attached to an aromatic ring is 1. The maximum Gasteiger partial charge on any atom is 0.417 e. The van der Waals surface area contributed by atoms with E-state index in [-0.39, 0.29) is 10.6 Å². The van der Waals surface area contributed by atoms with Crippen LogP contribution in [0.1, 0.15) is 11.1 Å². The van der Waals surface area contributed by atoms with Gasteiger partial charge in [-0.2, -0.15) is 13.2 Å². The Kier molecular flexibility index (Phi) is 4.17. The van der Waals surface area contributed by atoms with Gasteiger partial charge >= 0.3 is 6.18 Å². The normalized spacial score (nSPS) is 11.4. The first-order valence-corrected chi connectivity index (χ1v) is 6.44. The third kappa shape index (κ3) is 3.52. The van der Waals surface area contributed by atoms with Crippen LogP contribution in [0, 0.1) is 11.2 Å². The molecule has 0 fully saturated rings. The van der Waals surface area contributed by atoms with Gasteiger partial charge in [-0.15, -0.1) is 0 Å². The van der Waals surface area contributed by atoms with Crippen molar-refractivity contribution in [1.29, 1.82) is 5.41 Å². The fourth-order valence-corrected chi connectivity index (χ4v) is 2.49. The van der Waals surface area contributed by atoms with E-state index in [0.717, 1.165) is 23.9 Å². The molecule has 0 unspecified atom stereocenters. The highest BCUT2D eigenvalue weighted by Crippen LogP contribution is 2.33. The van der Waals surface area contributed by atoms with Crippen LogP contribution in [0.2, 0.25) is 0 Å². The van der Waals surface area contributed by atoms with Crippen molar-refractivity contribution in [3.05, 3.63) is 53.5 Å². The highest BCUT2D eigenvalue weighted by atomic mass is 32.2. The molecule has 21 heavy (non-hydrogen) atoms. The smallest absolute Gasteiger partial charge is 0.384 e. The maximum absolute atomic E-state index is 13.6. The van der Waals surface area contributed by atoms with Gasteiger partial charge in [0.05, 0.1) is 11.1 Å². The van der Waals surface area contributed by atoms with Crippen LogP contribution >= 0.6 is 11.8 Å². The number of benzene rings is 1. The number of aromatic nitrogens is 1. The van der Waals surface area contributed by atoms with Gasteiger partial charge in [-0.05, 0) is 24.3 Å². The van der Waals surface area contributed by atoms with Crippen molar-refractivity contribution < 1.29 is 17.6 Å². The zero-order chi connectivity index (χ0) is 15.6. The lowest BCUT2D eigenvalue weighted by molar-refractivity contribution is -0.137. The number of pyridine rings is 1. The van der Waals surface area contributed by atoms with Gasteiger partial charge in [-0.3, -0.25) is 5.41 Å². The molecular formula is C13H9F4N3S. The number of nitrogens with two attached hydrogens (primary N) is 1. The SMILES string of the molecule is N=C(N)c1c(F)cccc1Sc1ccc(C(F)(F)F)cn1. The fraction of sp³-hybridized carbons (Fsp3) is 0.0769. The third-order valence-electron chi connectivity index (χ3n) is 2.52. The molecule has 8 heteroatoms. The topological polar surface area (TPSA) is 62.8 Å². The molecule has 0 amide bonds. The van der Waals surface area contributed by atoms with Crippen molar-refractivity contribution >= 4 is 17.6 Å². The minimum absolute atomic E-state index is 0.0933. The predicted octanol–water partition coefficient (Wildman–Crippen LogP) is 3.67. The Labute approximate surface area is 121 Å². The monoisotopic (exact) mass is 315 g/mol. The second-order valence-corrected chi connectivity index (χ2v) is 5.07. The highest BCUT2D eigenvalue weighted by Gasteiger charge is 2.30. The molecule has 0 bridgehead atoms. The zero-order valence-electron chi connectivity index (χ0n) is 10.4. The molecule has 0 saturated heterocycles. The van der Waals surface area contributed by atoms with Gasteiger partial charge in [0, 0.05) is 11.1 Å². The number of amidine groups is 1. The molecule has 1 heterocycles. The molecule has 3 N–H and O–H groups in total. The number of halogens is 4. The van der Waals surface area contributed by atoms with Crippen molar-refractivity contribution in [3.63, 3.8) is 0 Å². The van der Waals surface area contributed by atoms with Gasteiger partial charge in [0.15, 0.2) is 0 Å². The van der Waals surface area contributed by atoms with E-state index in [2.05, 4.69) is 4.98 Å². The summed E-state index contributed by atoms with van der Waals surface area (Å²) >= 11 is 0.937. The number of nitrogens with one attached hydrogen (secondary N) is 1. The minimum atomic E-state index is -4.46. The van der Waals surface area contributed by atoms with Gasteiger partial charge in [0.25, 0.3) is 0 Å². The van der Waals surface area contributed by atoms with E-state index in [4.69, 9.17) is 11.1 Å². The van der Waals surface area contributed by atoms with E-state index in [1.807, 2.05) is 0 Å². The Morgan fingerprint density at radius 2 is 1.90 bits per heavy atom. The Hall–Kier alpha value is -2.09. The molecule has 1 aromatic heterocycles. The van der Waals surface area contributed by atoms with Crippen LogP contribution in [0.4, 0.5) is 17.6 Å². The molecule has 0 aliphatic carbocycles. The minimum Gasteiger partial charge on any atom is -0.384 e. The van der Waals surface area contributed by atoms with Gasteiger partial charge in [-0.1, -0.05) is 17.8 Å². The summed E-state index contributed by atoms with van der Waals surface area (Å²) in [4.78, 5) is 3.99. The van der Waals surface area contributed by atoms with E-state index in [1.165, 1.54) is 18.2 Å². The van der Waals surface area contributed by atoms with Crippen molar-refractivity contribution in [2.75, 3.05) is 0 Å². The summed E-state index contributed by atoms with van der Waals surface area (Å²) < 4.78 is 50.9. The molecule has 0 radical (unpaired) electrons.